The van der Waals surface area contributed by atoms with Gasteiger partial charge in [0.15, 0.2) is 0 Å². The van der Waals surface area contributed by atoms with Gasteiger partial charge in [-0.3, -0.25) is 4.99 Å². The van der Waals surface area contributed by atoms with Crippen molar-refractivity contribution in [2.45, 2.75) is 19.4 Å². The third-order valence-electron chi connectivity index (χ3n) is 3.07. The lowest BCUT2D eigenvalue weighted by Gasteiger charge is -2.25. The number of fused-ring (bicyclic) bond motifs is 3. The van der Waals surface area contributed by atoms with Crippen LogP contribution >= 0.6 is 15.9 Å². The summed E-state index contributed by atoms with van der Waals surface area (Å²) in [5, 5.41) is 12.8. The van der Waals surface area contributed by atoms with Crippen LogP contribution in [0.5, 0.6) is 0 Å². The number of hydrogen-bond acceptors (Lipinski definition) is 6. The predicted octanol–water partition coefficient (Wildman–Crippen LogP) is 1.63. The Bertz CT molecular complexity index is 605. The van der Waals surface area contributed by atoms with Crippen molar-refractivity contribution in [3.63, 3.8) is 0 Å². The minimum Gasteiger partial charge on any atom is -0.389 e. The maximum absolute atomic E-state index is 9.74. The Kier molecular flexibility index (Phi) is 3.25. The van der Waals surface area contributed by atoms with Crippen molar-refractivity contribution < 1.29 is 5.11 Å². The molecule has 0 saturated carbocycles. The number of hydrogen-bond donors (Lipinski definition) is 2. The smallest absolute Gasteiger partial charge is 0.224 e. The highest BCUT2D eigenvalue weighted by Crippen LogP contribution is 2.32. The maximum atomic E-state index is 9.74. The Hall–Kier alpha value is -1.47. The third kappa shape index (κ3) is 2.55. The van der Waals surface area contributed by atoms with Crippen LogP contribution in [0.1, 0.15) is 19.4 Å². The van der Waals surface area contributed by atoms with E-state index in [1.807, 2.05) is 6.08 Å². The van der Waals surface area contributed by atoms with Crippen LogP contribution in [0.4, 0.5) is 11.8 Å². The van der Waals surface area contributed by atoms with Crippen molar-refractivity contribution in [3.05, 3.63) is 16.2 Å². The van der Waals surface area contributed by atoms with Crippen molar-refractivity contribution in [3.8, 4) is 0 Å². The molecule has 0 amide bonds. The molecule has 2 aliphatic rings. The van der Waals surface area contributed by atoms with E-state index in [9.17, 15) is 5.11 Å². The number of aliphatic hydroxyl groups is 1. The summed E-state index contributed by atoms with van der Waals surface area (Å²) in [7, 11) is 0. The number of rotatable bonds is 3. The van der Waals surface area contributed by atoms with Crippen LogP contribution in [0, 0.1) is 0 Å². The molecular weight excluding hydrogens is 322 g/mol. The number of halogens is 1. The molecule has 0 aliphatic carbocycles. The second-order valence-electron chi connectivity index (χ2n) is 5.49. The van der Waals surface area contributed by atoms with Crippen LogP contribution < -0.4 is 10.2 Å². The molecule has 0 fully saturated rings. The van der Waals surface area contributed by atoms with Crippen molar-refractivity contribution in [1.82, 2.24) is 9.97 Å². The molecule has 1 aromatic rings. The molecule has 2 N–H and O–H groups in total. The summed E-state index contributed by atoms with van der Waals surface area (Å²) in [5.41, 5.74) is 0.161. The average molecular weight is 338 g/mol. The fourth-order valence-electron chi connectivity index (χ4n) is 2.14. The van der Waals surface area contributed by atoms with E-state index >= 15 is 0 Å². The summed E-state index contributed by atoms with van der Waals surface area (Å²) in [4.78, 5) is 15.4. The largest absolute Gasteiger partial charge is 0.389 e. The minimum atomic E-state index is -0.803. The molecule has 7 heteroatoms. The fraction of sp³-hybridized carbons (Fsp3) is 0.462. The monoisotopic (exact) mass is 337 g/mol. The minimum absolute atomic E-state index is 0.395. The van der Waals surface area contributed by atoms with Gasteiger partial charge < -0.3 is 15.3 Å². The average Bonchev–Trinajstić information content (AvgIpc) is 2.86. The van der Waals surface area contributed by atoms with Gasteiger partial charge in [-0.15, -0.1) is 0 Å². The number of amidine groups is 1. The van der Waals surface area contributed by atoms with E-state index in [4.69, 9.17) is 0 Å². The van der Waals surface area contributed by atoms with Crippen molar-refractivity contribution in [1.29, 1.82) is 0 Å². The van der Waals surface area contributed by atoms with Gasteiger partial charge in [-0.2, -0.15) is 4.98 Å². The van der Waals surface area contributed by atoms with Crippen LogP contribution in [0.3, 0.4) is 0 Å². The Morgan fingerprint density at radius 1 is 1.50 bits per heavy atom. The van der Waals surface area contributed by atoms with Crippen molar-refractivity contribution >= 4 is 39.6 Å². The Balaban J connectivity index is 1.90. The zero-order valence-corrected chi connectivity index (χ0v) is 13.0. The van der Waals surface area contributed by atoms with E-state index in [2.05, 4.69) is 41.1 Å². The SMILES string of the molecule is CC(C)(O)CNc1ncc2c(n1)N1CCN=C1C(Br)=C2. The summed E-state index contributed by atoms with van der Waals surface area (Å²) >= 11 is 3.52. The molecule has 0 bridgehead atoms. The van der Waals surface area contributed by atoms with Gasteiger partial charge in [-0.25, -0.2) is 4.98 Å². The van der Waals surface area contributed by atoms with Crippen LogP contribution in [-0.4, -0.2) is 46.1 Å². The molecule has 0 spiro atoms. The summed E-state index contributed by atoms with van der Waals surface area (Å²) < 4.78 is 0.961. The second kappa shape index (κ2) is 4.82. The molecule has 20 heavy (non-hydrogen) atoms. The molecule has 3 rings (SSSR count). The van der Waals surface area contributed by atoms with Gasteiger partial charge in [-0.05, 0) is 35.9 Å². The molecule has 6 nitrogen and oxygen atoms in total. The standard InChI is InChI=1S/C13H16BrN5O/c1-13(2,20)7-17-12-16-6-8-5-9(14)11-15-3-4-19(11)10(8)18-12/h5-6,20H,3-4,7H2,1-2H3,(H,16,17,18). The number of aromatic nitrogens is 2. The van der Waals surface area contributed by atoms with E-state index in [0.29, 0.717) is 12.5 Å². The van der Waals surface area contributed by atoms with Gasteiger partial charge >= 0.3 is 0 Å². The van der Waals surface area contributed by atoms with E-state index in [1.54, 1.807) is 20.0 Å². The van der Waals surface area contributed by atoms with Gasteiger partial charge in [0, 0.05) is 24.8 Å². The van der Waals surface area contributed by atoms with Crippen molar-refractivity contribution in [2.24, 2.45) is 4.99 Å². The first kappa shape index (κ1) is 13.5. The summed E-state index contributed by atoms with van der Waals surface area (Å²) in [5.74, 6) is 2.30. The number of nitrogens with one attached hydrogen (secondary N) is 1. The molecule has 106 valence electrons. The first-order valence-electron chi connectivity index (χ1n) is 6.47. The lowest BCUT2D eigenvalue weighted by Crippen LogP contribution is -2.33. The Labute approximate surface area is 125 Å². The van der Waals surface area contributed by atoms with Gasteiger partial charge in [0.25, 0.3) is 0 Å². The molecule has 0 unspecified atom stereocenters. The highest BCUT2D eigenvalue weighted by molar-refractivity contribution is 9.12. The van der Waals surface area contributed by atoms with Gasteiger partial charge in [-0.1, -0.05) is 0 Å². The third-order valence-corrected chi connectivity index (χ3v) is 3.65. The molecule has 2 aliphatic heterocycles. The van der Waals surface area contributed by atoms with Gasteiger partial charge in [0.05, 0.1) is 16.6 Å². The van der Waals surface area contributed by atoms with E-state index in [0.717, 1.165) is 34.8 Å². The molecule has 0 radical (unpaired) electrons. The van der Waals surface area contributed by atoms with Gasteiger partial charge in [0.1, 0.15) is 11.7 Å². The second-order valence-corrected chi connectivity index (χ2v) is 6.34. The molecule has 0 saturated heterocycles. The zero-order valence-electron chi connectivity index (χ0n) is 11.4. The molecule has 0 atom stereocenters. The summed E-state index contributed by atoms with van der Waals surface area (Å²) in [6.45, 7) is 5.47. The lowest BCUT2D eigenvalue weighted by atomic mass is 10.1. The lowest BCUT2D eigenvalue weighted by molar-refractivity contribution is 0.0943. The maximum Gasteiger partial charge on any atom is 0.224 e. The number of anilines is 2. The number of aliphatic imine (C=N–C) groups is 1. The van der Waals surface area contributed by atoms with Gasteiger partial charge in [0.2, 0.25) is 5.95 Å². The van der Waals surface area contributed by atoms with E-state index in [1.165, 1.54) is 0 Å². The molecule has 1 aromatic heterocycles. The number of nitrogens with zero attached hydrogens (tertiary/aromatic N) is 4. The Morgan fingerprint density at radius 2 is 2.30 bits per heavy atom. The van der Waals surface area contributed by atoms with E-state index < -0.39 is 5.60 Å². The highest BCUT2D eigenvalue weighted by Gasteiger charge is 2.28. The first-order valence-corrected chi connectivity index (χ1v) is 7.26. The summed E-state index contributed by atoms with van der Waals surface area (Å²) in [6.07, 6.45) is 3.77. The molecular formula is C13H16BrN5O. The highest BCUT2D eigenvalue weighted by atomic mass is 79.9. The normalized spacial score (nSPS) is 17.3. The summed E-state index contributed by atoms with van der Waals surface area (Å²) in [6, 6.07) is 0. The van der Waals surface area contributed by atoms with E-state index in [-0.39, 0.29) is 0 Å². The zero-order chi connectivity index (χ0) is 14.3. The molecule has 0 aromatic carbocycles. The van der Waals surface area contributed by atoms with Crippen LogP contribution in [-0.2, 0) is 0 Å². The van der Waals surface area contributed by atoms with Crippen molar-refractivity contribution in [2.75, 3.05) is 29.9 Å². The van der Waals surface area contributed by atoms with Crippen LogP contribution in [0.25, 0.3) is 6.08 Å². The van der Waals surface area contributed by atoms with Crippen LogP contribution in [0.2, 0.25) is 0 Å². The predicted molar refractivity (Wildman–Crippen MR) is 83.4 cm³/mol. The quantitative estimate of drug-likeness (QED) is 0.876. The topological polar surface area (TPSA) is 73.6 Å². The first-order chi connectivity index (χ1) is 9.44. The Morgan fingerprint density at radius 3 is 3.05 bits per heavy atom. The molecule has 3 heterocycles. The van der Waals surface area contributed by atoms with Crippen LogP contribution in [0.15, 0.2) is 15.7 Å². The fourth-order valence-corrected chi connectivity index (χ4v) is 2.73.